The number of nitrogens with one attached hydrogen (secondary N) is 1. The Labute approximate surface area is 163 Å². The number of methoxy groups -OCH3 is 1. The van der Waals surface area contributed by atoms with Crippen molar-refractivity contribution in [2.75, 3.05) is 12.4 Å². The maximum absolute atomic E-state index is 12.9. The molecule has 3 rings (SSSR count). The molecule has 142 valence electrons. The summed E-state index contributed by atoms with van der Waals surface area (Å²) in [6, 6.07) is 23.3. The van der Waals surface area contributed by atoms with Gasteiger partial charge in [-0.1, -0.05) is 48.0 Å². The third kappa shape index (κ3) is 4.76. The number of esters is 1. The van der Waals surface area contributed by atoms with E-state index < -0.39 is 12.1 Å². The topological polar surface area (TPSA) is 64.6 Å². The average molecular weight is 375 g/mol. The van der Waals surface area contributed by atoms with Crippen molar-refractivity contribution in [2.45, 2.75) is 13.0 Å². The van der Waals surface area contributed by atoms with E-state index in [4.69, 9.17) is 9.47 Å². The minimum atomic E-state index is -0.841. The first kappa shape index (κ1) is 19.2. The highest BCUT2D eigenvalue weighted by Gasteiger charge is 2.23. The molecule has 3 aromatic rings. The van der Waals surface area contributed by atoms with Crippen molar-refractivity contribution < 1.29 is 19.1 Å². The summed E-state index contributed by atoms with van der Waals surface area (Å²) in [6.07, 6.45) is -0.841. The fourth-order valence-corrected chi connectivity index (χ4v) is 2.67. The second-order valence-electron chi connectivity index (χ2n) is 6.28. The predicted octanol–water partition coefficient (Wildman–Crippen LogP) is 4.54. The lowest BCUT2D eigenvalue weighted by atomic mass is 10.1. The Morgan fingerprint density at radius 2 is 1.50 bits per heavy atom. The molecule has 0 aliphatic rings. The van der Waals surface area contributed by atoms with Crippen LogP contribution in [0.3, 0.4) is 0 Å². The summed E-state index contributed by atoms with van der Waals surface area (Å²) in [5, 5.41) is 2.89. The maximum atomic E-state index is 12.9. The first-order valence-electron chi connectivity index (χ1n) is 8.84. The molecule has 1 amide bonds. The second-order valence-corrected chi connectivity index (χ2v) is 6.28. The molecule has 28 heavy (non-hydrogen) atoms. The van der Waals surface area contributed by atoms with Crippen LogP contribution < -0.4 is 10.1 Å². The van der Waals surface area contributed by atoms with Crippen molar-refractivity contribution in [2.24, 2.45) is 0 Å². The van der Waals surface area contributed by atoms with Gasteiger partial charge in [-0.15, -0.1) is 0 Å². The van der Waals surface area contributed by atoms with Crippen LogP contribution in [0.5, 0.6) is 5.75 Å². The van der Waals surface area contributed by atoms with Gasteiger partial charge >= 0.3 is 5.97 Å². The molecule has 0 spiro atoms. The minimum Gasteiger partial charge on any atom is -0.476 e. The van der Waals surface area contributed by atoms with Crippen LogP contribution in [-0.4, -0.2) is 19.0 Å². The quantitative estimate of drug-likeness (QED) is 0.643. The van der Waals surface area contributed by atoms with Gasteiger partial charge in [0.05, 0.1) is 12.7 Å². The van der Waals surface area contributed by atoms with Gasteiger partial charge in [0.15, 0.2) is 0 Å². The molecule has 0 saturated heterocycles. The van der Waals surface area contributed by atoms with Crippen molar-refractivity contribution in [1.29, 1.82) is 0 Å². The van der Waals surface area contributed by atoms with Crippen LogP contribution in [0, 0.1) is 6.92 Å². The zero-order valence-electron chi connectivity index (χ0n) is 15.7. The minimum absolute atomic E-state index is 0.285. The smallest absolute Gasteiger partial charge is 0.337 e. The number of carbonyl (C=O) groups excluding carboxylic acids is 2. The van der Waals surface area contributed by atoms with Crippen LogP contribution in [0.25, 0.3) is 0 Å². The molecule has 0 unspecified atom stereocenters. The number of carbonyl (C=O) groups is 2. The zero-order chi connectivity index (χ0) is 19.9. The van der Waals surface area contributed by atoms with Crippen LogP contribution in [-0.2, 0) is 9.53 Å². The molecule has 0 radical (unpaired) electrons. The number of benzene rings is 3. The summed E-state index contributed by atoms with van der Waals surface area (Å²) in [7, 11) is 1.33. The molecular weight excluding hydrogens is 354 g/mol. The van der Waals surface area contributed by atoms with Crippen molar-refractivity contribution in [3.05, 3.63) is 95.6 Å². The van der Waals surface area contributed by atoms with Crippen LogP contribution in [0.1, 0.15) is 27.6 Å². The lowest BCUT2D eigenvalue weighted by molar-refractivity contribution is -0.123. The standard InChI is InChI=1S/C23H21NO4/c1-16-8-12-19(13-9-16)24-22(25)21(17-6-4-3-5-7-17)28-20-14-10-18(11-15-20)23(26)27-2/h3-15,21H,1-2H3,(H,24,25)/t21-/m1/s1. The average Bonchev–Trinajstić information content (AvgIpc) is 2.74. The highest BCUT2D eigenvalue weighted by atomic mass is 16.5. The van der Waals surface area contributed by atoms with E-state index >= 15 is 0 Å². The Morgan fingerprint density at radius 3 is 2.11 bits per heavy atom. The first-order valence-corrected chi connectivity index (χ1v) is 8.84. The van der Waals surface area contributed by atoms with E-state index in [1.54, 1.807) is 24.3 Å². The second kappa shape index (κ2) is 8.86. The van der Waals surface area contributed by atoms with Crippen molar-refractivity contribution in [3.63, 3.8) is 0 Å². The highest BCUT2D eigenvalue weighted by Crippen LogP contribution is 2.24. The number of hydrogen-bond acceptors (Lipinski definition) is 4. The molecule has 3 aromatic carbocycles. The number of amides is 1. The molecule has 0 fully saturated rings. The van der Waals surface area contributed by atoms with Gasteiger partial charge < -0.3 is 14.8 Å². The molecule has 0 saturated carbocycles. The molecule has 5 nitrogen and oxygen atoms in total. The molecule has 0 aliphatic carbocycles. The Morgan fingerprint density at radius 1 is 0.857 bits per heavy atom. The summed E-state index contributed by atoms with van der Waals surface area (Å²) in [5.41, 5.74) is 2.94. The molecule has 0 aromatic heterocycles. The van der Waals surface area contributed by atoms with Crippen LogP contribution in [0.4, 0.5) is 5.69 Å². The predicted molar refractivity (Wildman–Crippen MR) is 107 cm³/mol. The normalized spacial score (nSPS) is 11.4. The molecule has 0 aliphatic heterocycles. The Bertz CT molecular complexity index is 935. The van der Waals surface area contributed by atoms with Gasteiger partial charge in [0.1, 0.15) is 5.75 Å². The zero-order valence-corrected chi connectivity index (χ0v) is 15.7. The summed E-state index contributed by atoms with van der Waals surface area (Å²) < 4.78 is 10.7. The van der Waals surface area contributed by atoms with E-state index in [0.717, 1.165) is 11.1 Å². The number of anilines is 1. The van der Waals surface area contributed by atoms with E-state index in [0.29, 0.717) is 17.0 Å². The molecule has 0 bridgehead atoms. The monoisotopic (exact) mass is 375 g/mol. The highest BCUT2D eigenvalue weighted by molar-refractivity contribution is 5.95. The Kier molecular flexibility index (Phi) is 6.07. The van der Waals surface area contributed by atoms with Crippen molar-refractivity contribution >= 4 is 17.6 Å². The summed E-state index contributed by atoms with van der Waals surface area (Å²) in [4.78, 5) is 24.5. The Balaban J connectivity index is 1.82. The van der Waals surface area contributed by atoms with Crippen LogP contribution in [0.15, 0.2) is 78.9 Å². The molecule has 5 heteroatoms. The summed E-state index contributed by atoms with van der Waals surface area (Å²) in [5.74, 6) is -0.240. The van der Waals surface area contributed by atoms with Gasteiger partial charge in [0.2, 0.25) is 6.10 Å². The fraction of sp³-hybridized carbons (Fsp3) is 0.130. The van der Waals surface area contributed by atoms with Gasteiger partial charge in [-0.25, -0.2) is 4.79 Å². The Hall–Kier alpha value is -3.60. The number of ether oxygens (including phenoxy) is 2. The van der Waals surface area contributed by atoms with E-state index in [1.165, 1.54) is 7.11 Å². The first-order chi connectivity index (χ1) is 13.6. The molecule has 0 heterocycles. The van der Waals surface area contributed by atoms with Crippen molar-refractivity contribution in [3.8, 4) is 5.75 Å². The van der Waals surface area contributed by atoms with Gasteiger partial charge in [-0.2, -0.15) is 0 Å². The van der Waals surface area contributed by atoms with E-state index in [9.17, 15) is 9.59 Å². The van der Waals surface area contributed by atoms with Crippen LogP contribution in [0.2, 0.25) is 0 Å². The third-order valence-corrected chi connectivity index (χ3v) is 4.19. The van der Waals surface area contributed by atoms with Gasteiger partial charge in [-0.05, 0) is 43.3 Å². The lowest BCUT2D eigenvalue weighted by Crippen LogP contribution is -2.25. The van der Waals surface area contributed by atoms with E-state index in [1.807, 2.05) is 61.5 Å². The summed E-state index contributed by atoms with van der Waals surface area (Å²) in [6.45, 7) is 1.99. The molecule has 1 N–H and O–H groups in total. The SMILES string of the molecule is COC(=O)c1ccc(O[C@@H](C(=O)Nc2ccc(C)cc2)c2ccccc2)cc1. The molecular formula is C23H21NO4. The number of hydrogen-bond donors (Lipinski definition) is 1. The maximum Gasteiger partial charge on any atom is 0.337 e. The van der Waals surface area contributed by atoms with Gasteiger partial charge in [-0.3, -0.25) is 4.79 Å². The molecule has 1 atom stereocenters. The van der Waals surface area contributed by atoms with Gasteiger partial charge in [0, 0.05) is 11.3 Å². The third-order valence-electron chi connectivity index (χ3n) is 4.19. The fourth-order valence-electron chi connectivity index (χ4n) is 2.67. The largest absolute Gasteiger partial charge is 0.476 e. The number of aryl methyl sites for hydroxylation is 1. The number of rotatable bonds is 6. The van der Waals surface area contributed by atoms with Crippen LogP contribution >= 0.6 is 0 Å². The van der Waals surface area contributed by atoms with E-state index in [-0.39, 0.29) is 5.91 Å². The van der Waals surface area contributed by atoms with Crippen molar-refractivity contribution in [1.82, 2.24) is 0 Å². The lowest BCUT2D eigenvalue weighted by Gasteiger charge is -2.19. The summed E-state index contributed by atoms with van der Waals surface area (Å²) >= 11 is 0. The van der Waals surface area contributed by atoms with Gasteiger partial charge in [0.25, 0.3) is 5.91 Å². The van der Waals surface area contributed by atoms with E-state index in [2.05, 4.69) is 5.32 Å².